The SMILES string of the molecule is O=C(COc1cccc(F)c1)NNC(=S)NC1CC1. The maximum absolute atomic E-state index is 12.9. The molecule has 0 atom stereocenters. The van der Waals surface area contributed by atoms with Crippen molar-refractivity contribution in [3.8, 4) is 5.75 Å². The summed E-state index contributed by atoms with van der Waals surface area (Å²) in [6, 6.07) is 6.01. The van der Waals surface area contributed by atoms with Crippen molar-refractivity contribution in [3.05, 3.63) is 30.1 Å². The Morgan fingerprint density at radius 3 is 2.89 bits per heavy atom. The lowest BCUT2D eigenvalue weighted by atomic mass is 10.3. The quantitative estimate of drug-likeness (QED) is 0.565. The van der Waals surface area contributed by atoms with Crippen molar-refractivity contribution in [3.63, 3.8) is 0 Å². The van der Waals surface area contributed by atoms with Crippen LogP contribution in [-0.2, 0) is 4.79 Å². The van der Waals surface area contributed by atoms with Gasteiger partial charge in [0.15, 0.2) is 11.7 Å². The van der Waals surface area contributed by atoms with Crippen molar-refractivity contribution in [1.82, 2.24) is 16.2 Å². The van der Waals surface area contributed by atoms with Gasteiger partial charge < -0.3 is 10.1 Å². The third kappa shape index (κ3) is 5.09. The molecule has 0 aromatic heterocycles. The summed E-state index contributed by atoms with van der Waals surface area (Å²) in [5.41, 5.74) is 4.96. The lowest BCUT2D eigenvalue weighted by molar-refractivity contribution is -0.123. The molecule has 0 aliphatic heterocycles. The number of hydrogen-bond acceptors (Lipinski definition) is 3. The third-order valence-corrected chi connectivity index (χ3v) is 2.61. The van der Waals surface area contributed by atoms with Gasteiger partial charge in [-0.05, 0) is 37.2 Å². The van der Waals surface area contributed by atoms with Crippen LogP contribution >= 0.6 is 12.2 Å². The van der Waals surface area contributed by atoms with Gasteiger partial charge in [-0.25, -0.2) is 4.39 Å². The van der Waals surface area contributed by atoms with E-state index in [0.29, 0.717) is 16.9 Å². The van der Waals surface area contributed by atoms with Crippen molar-refractivity contribution in [2.75, 3.05) is 6.61 Å². The van der Waals surface area contributed by atoms with Crippen molar-refractivity contribution >= 4 is 23.2 Å². The first-order valence-corrected chi connectivity index (χ1v) is 6.28. The third-order valence-electron chi connectivity index (χ3n) is 2.39. The molecular weight excluding hydrogens is 269 g/mol. The first-order valence-electron chi connectivity index (χ1n) is 5.87. The number of ether oxygens (including phenoxy) is 1. The summed E-state index contributed by atoms with van der Waals surface area (Å²) in [6.07, 6.45) is 2.19. The van der Waals surface area contributed by atoms with Gasteiger partial charge in [-0.3, -0.25) is 15.6 Å². The second-order valence-corrected chi connectivity index (χ2v) is 4.58. The normalized spacial score (nSPS) is 13.5. The fraction of sp³-hybridized carbons (Fsp3) is 0.333. The predicted molar refractivity (Wildman–Crippen MR) is 71.9 cm³/mol. The highest BCUT2D eigenvalue weighted by molar-refractivity contribution is 7.80. The Kier molecular flexibility index (Phi) is 4.51. The Hall–Kier alpha value is -1.89. The molecular formula is C12H14FN3O2S. The highest BCUT2D eigenvalue weighted by atomic mass is 32.1. The standard InChI is InChI=1S/C12H14FN3O2S/c13-8-2-1-3-10(6-8)18-7-11(17)15-16-12(19)14-9-4-5-9/h1-3,6,9H,4-5,7H2,(H,15,17)(H2,14,16,19). The minimum Gasteiger partial charge on any atom is -0.484 e. The molecule has 1 fully saturated rings. The molecule has 1 aromatic carbocycles. The van der Waals surface area contributed by atoms with Crippen LogP contribution < -0.4 is 20.9 Å². The van der Waals surface area contributed by atoms with Gasteiger partial charge in [0.05, 0.1) is 0 Å². The average Bonchev–Trinajstić information content (AvgIpc) is 3.18. The number of carbonyl (C=O) groups is 1. The van der Waals surface area contributed by atoms with Crippen LogP contribution in [-0.4, -0.2) is 23.7 Å². The minimum atomic E-state index is -0.411. The van der Waals surface area contributed by atoms with Gasteiger partial charge in [-0.15, -0.1) is 0 Å². The Bertz CT molecular complexity index is 480. The zero-order chi connectivity index (χ0) is 13.7. The topological polar surface area (TPSA) is 62.4 Å². The molecule has 5 nitrogen and oxygen atoms in total. The van der Waals surface area contributed by atoms with Crippen molar-refractivity contribution in [1.29, 1.82) is 0 Å². The van der Waals surface area contributed by atoms with E-state index in [4.69, 9.17) is 17.0 Å². The molecule has 1 aromatic rings. The molecule has 0 radical (unpaired) electrons. The fourth-order valence-electron chi connectivity index (χ4n) is 1.32. The van der Waals surface area contributed by atoms with E-state index in [9.17, 15) is 9.18 Å². The van der Waals surface area contributed by atoms with Gasteiger partial charge >= 0.3 is 0 Å². The molecule has 3 N–H and O–H groups in total. The number of thiocarbonyl (C=S) groups is 1. The number of benzene rings is 1. The van der Waals surface area contributed by atoms with Crippen LogP contribution in [0.5, 0.6) is 5.75 Å². The minimum absolute atomic E-state index is 0.220. The summed E-state index contributed by atoms with van der Waals surface area (Å²) in [5, 5.41) is 3.38. The number of halogens is 1. The second kappa shape index (κ2) is 6.33. The lowest BCUT2D eigenvalue weighted by Gasteiger charge is -2.11. The second-order valence-electron chi connectivity index (χ2n) is 4.17. The summed E-state index contributed by atoms with van der Waals surface area (Å²) in [6.45, 7) is -0.220. The van der Waals surface area contributed by atoms with Crippen LogP contribution in [0.3, 0.4) is 0 Å². The number of hydrazine groups is 1. The van der Waals surface area contributed by atoms with E-state index in [1.54, 1.807) is 6.07 Å². The van der Waals surface area contributed by atoms with Gasteiger partial charge in [-0.1, -0.05) is 6.07 Å². The highest BCUT2D eigenvalue weighted by Gasteiger charge is 2.21. The van der Waals surface area contributed by atoms with E-state index >= 15 is 0 Å². The van der Waals surface area contributed by atoms with Crippen LogP contribution in [0.4, 0.5) is 4.39 Å². The fourth-order valence-corrected chi connectivity index (χ4v) is 1.54. The molecule has 1 aliphatic carbocycles. The molecule has 0 spiro atoms. The van der Waals surface area contributed by atoms with E-state index in [-0.39, 0.29) is 6.61 Å². The summed E-state index contributed by atoms with van der Waals surface area (Å²) < 4.78 is 18.0. The van der Waals surface area contributed by atoms with Gasteiger partial charge in [0.25, 0.3) is 5.91 Å². The molecule has 7 heteroatoms. The molecule has 0 unspecified atom stereocenters. The molecule has 1 amide bonds. The van der Waals surface area contributed by atoms with E-state index < -0.39 is 11.7 Å². The highest BCUT2D eigenvalue weighted by Crippen LogP contribution is 2.18. The zero-order valence-corrected chi connectivity index (χ0v) is 10.9. The van der Waals surface area contributed by atoms with Crippen molar-refractivity contribution in [2.45, 2.75) is 18.9 Å². The smallest absolute Gasteiger partial charge is 0.276 e. The Morgan fingerprint density at radius 2 is 2.21 bits per heavy atom. The van der Waals surface area contributed by atoms with Crippen molar-refractivity contribution < 1.29 is 13.9 Å². The number of amides is 1. The van der Waals surface area contributed by atoms with Crippen molar-refractivity contribution in [2.24, 2.45) is 0 Å². The Labute approximate surface area is 115 Å². The molecule has 102 valence electrons. The first-order chi connectivity index (χ1) is 9.13. The molecule has 0 saturated heterocycles. The summed E-state index contributed by atoms with van der Waals surface area (Å²) in [4.78, 5) is 11.4. The number of carbonyl (C=O) groups excluding carboxylic acids is 1. The number of nitrogens with one attached hydrogen (secondary N) is 3. The summed E-state index contributed by atoms with van der Waals surface area (Å²) in [7, 11) is 0. The van der Waals surface area contributed by atoms with Gasteiger partial charge in [-0.2, -0.15) is 0 Å². The molecule has 0 bridgehead atoms. The van der Waals surface area contributed by atoms with Crippen LogP contribution in [0.15, 0.2) is 24.3 Å². The number of hydrogen-bond donors (Lipinski definition) is 3. The monoisotopic (exact) mass is 283 g/mol. The molecule has 0 heterocycles. The van der Waals surface area contributed by atoms with Crippen LogP contribution in [0.1, 0.15) is 12.8 Å². The molecule has 1 aliphatic rings. The van der Waals surface area contributed by atoms with E-state index in [1.807, 2.05) is 0 Å². The van der Waals surface area contributed by atoms with Crippen LogP contribution in [0.25, 0.3) is 0 Å². The first kappa shape index (κ1) is 13.5. The maximum Gasteiger partial charge on any atom is 0.276 e. The molecule has 1 saturated carbocycles. The van der Waals surface area contributed by atoms with Gasteiger partial charge in [0.2, 0.25) is 0 Å². The van der Waals surface area contributed by atoms with E-state index in [2.05, 4.69) is 16.2 Å². The van der Waals surface area contributed by atoms with E-state index in [1.165, 1.54) is 18.2 Å². The zero-order valence-electron chi connectivity index (χ0n) is 10.1. The summed E-state index contributed by atoms with van der Waals surface area (Å²) >= 11 is 4.96. The predicted octanol–water partition coefficient (Wildman–Crippen LogP) is 0.862. The Balaban J connectivity index is 1.65. The summed E-state index contributed by atoms with van der Waals surface area (Å²) in [5.74, 6) is -0.510. The Morgan fingerprint density at radius 1 is 1.42 bits per heavy atom. The van der Waals surface area contributed by atoms with E-state index in [0.717, 1.165) is 12.8 Å². The van der Waals surface area contributed by atoms with Crippen LogP contribution in [0.2, 0.25) is 0 Å². The molecule has 19 heavy (non-hydrogen) atoms. The van der Waals surface area contributed by atoms with Gasteiger partial charge in [0.1, 0.15) is 11.6 Å². The van der Waals surface area contributed by atoms with Crippen LogP contribution in [0, 0.1) is 5.82 Å². The molecule has 2 rings (SSSR count). The number of rotatable bonds is 4. The van der Waals surface area contributed by atoms with Gasteiger partial charge in [0, 0.05) is 12.1 Å². The average molecular weight is 283 g/mol. The largest absolute Gasteiger partial charge is 0.484 e. The maximum atomic E-state index is 12.9. The lowest BCUT2D eigenvalue weighted by Crippen LogP contribution is -2.48.